The molecule has 0 bridgehead atoms. The van der Waals surface area contributed by atoms with Gasteiger partial charge in [0.1, 0.15) is 6.33 Å². The number of nitrogens with one attached hydrogen (secondary N) is 1. The number of halogens is 3. The van der Waals surface area contributed by atoms with Gasteiger partial charge in [0.2, 0.25) is 10.0 Å². The Hall–Kier alpha value is -3.31. The summed E-state index contributed by atoms with van der Waals surface area (Å²) in [5.74, 6) is -0.280. The summed E-state index contributed by atoms with van der Waals surface area (Å²) in [5, 5.41) is 0. The van der Waals surface area contributed by atoms with Crippen LogP contribution in [0.2, 0.25) is 0 Å². The van der Waals surface area contributed by atoms with E-state index >= 15 is 0 Å². The zero-order chi connectivity index (χ0) is 24.3. The average molecular weight is 491 g/mol. The summed E-state index contributed by atoms with van der Waals surface area (Å²) in [4.78, 5) is 20.8. The highest BCUT2D eigenvalue weighted by Gasteiger charge is 2.38. The zero-order valence-corrected chi connectivity index (χ0v) is 18.7. The van der Waals surface area contributed by atoms with Gasteiger partial charge in [0, 0.05) is 31.5 Å². The second-order valence-corrected chi connectivity index (χ2v) is 9.57. The van der Waals surface area contributed by atoms with Gasteiger partial charge in [-0.3, -0.25) is 4.79 Å². The molecule has 1 aliphatic rings. The first-order valence-electron chi connectivity index (χ1n) is 10.5. The maximum Gasteiger partial charge on any atom is 0.417 e. The van der Waals surface area contributed by atoms with Gasteiger partial charge >= 0.3 is 6.18 Å². The van der Waals surface area contributed by atoms with Gasteiger partial charge in [-0.05, 0) is 36.1 Å². The summed E-state index contributed by atoms with van der Waals surface area (Å²) < 4.78 is 69.7. The summed E-state index contributed by atoms with van der Waals surface area (Å²) in [6.07, 6.45) is -0.240. The fourth-order valence-electron chi connectivity index (χ4n) is 3.87. The number of sulfonamides is 1. The van der Waals surface area contributed by atoms with E-state index in [1.165, 1.54) is 24.8 Å². The topological polar surface area (TPSA) is 92.3 Å². The number of amides is 1. The molecule has 178 valence electrons. The first-order valence-corrected chi connectivity index (χ1v) is 12.0. The maximum absolute atomic E-state index is 13.8. The Morgan fingerprint density at radius 3 is 2.24 bits per heavy atom. The number of alkyl halides is 3. The van der Waals surface area contributed by atoms with E-state index in [9.17, 15) is 26.4 Å². The Morgan fingerprint density at radius 1 is 0.971 bits per heavy atom. The molecule has 1 amide bonds. The summed E-state index contributed by atoms with van der Waals surface area (Å²) >= 11 is 0. The van der Waals surface area contributed by atoms with Gasteiger partial charge in [-0.15, -0.1) is 0 Å². The number of carbonyl (C=O) groups is 1. The van der Waals surface area contributed by atoms with Crippen molar-refractivity contribution < 1.29 is 26.4 Å². The molecular formula is C23H21F3N4O3S. The summed E-state index contributed by atoms with van der Waals surface area (Å²) in [6.45, 7) is 0.500. The van der Waals surface area contributed by atoms with Crippen molar-refractivity contribution in [3.8, 4) is 11.1 Å². The van der Waals surface area contributed by atoms with Crippen molar-refractivity contribution in [3.05, 3.63) is 78.4 Å². The van der Waals surface area contributed by atoms with E-state index in [1.807, 2.05) is 0 Å². The molecule has 0 atom stereocenters. The lowest BCUT2D eigenvalue weighted by molar-refractivity contribution is -0.139. The second-order valence-electron chi connectivity index (χ2n) is 7.89. The molecule has 0 radical (unpaired) electrons. The van der Waals surface area contributed by atoms with Gasteiger partial charge in [0.15, 0.2) is 0 Å². The van der Waals surface area contributed by atoms with Crippen LogP contribution in [-0.2, 0) is 16.2 Å². The third-order valence-corrected chi connectivity index (χ3v) is 7.17. The molecule has 1 fully saturated rings. The number of carbonyl (C=O) groups excluding carboxylic acids is 1. The third kappa shape index (κ3) is 5.26. The number of piperidine rings is 1. The summed E-state index contributed by atoms with van der Waals surface area (Å²) in [5.41, 5.74) is -0.0951. The molecule has 1 N–H and O–H groups in total. The Kier molecular flexibility index (Phi) is 6.67. The normalized spacial score (nSPS) is 15.3. The Morgan fingerprint density at radius 2 is 1.62 bits per heavy atom. The van der Waals surface area contributed by atoms with Crippen molar-refractivity contribution in [2.45, 2.75) is 30.0 Å². The van der Waals surface area contributed by atoms with Crippen molar-refractivity contribution >= 4 is 15.9 Å². The van der Waals surface area contributed by atoms with Gasteiger partial charge in [-0.1, -0.05) is 36.4 Å². The minimum atomic E-state index is -4.86. The molecule has 0 saturated carbocycles. The van der Waals surface area contributed by atoms with Crippen molar-refractivity contribution in [1.82, 2.24) is 19.6 Å². The number of likely N-dealkylation sites (tertiary alicyclic amines) is 1. The highest BCUT2D eigenvalue weighted by atomic mass is 32.2. The molecule has 34 heavy (non-hydrogen) atoms. The fraction of sp³-hybridized carbons (Fsp3) is 0.261. The lowest BCUT2D eigenvalue weighted by atomic mass is 10.0. The molecule has 7 nitrogen and oxygen atoms in total. The van der Waals surface area contributed by atoms with Crippen molar-refractivity contribution in [3.63, 3.8) is 0 Å². The van der Waals surface area contributed by atoms with E-state index in [0.717, 1.165) is 12.1 Å². The monoisotopic (exact) mass is 490 g/mol. The molecule has 2 aromatic carbocycles. The number of aromatic nitrogens is 2. The molecule has 1 aliphatic heterocycles. The third-order valence-electron chi connectivity index (χ3n) is 5.59. The van der Waals surface area contributed by atoms with E-state index < -0.39 is 32.7 Å². The second kappa shape index (κ2) is 9.51. The lowest BCUT2D eigenvalue weighted by Gasteiger charge is -2.32. The first kappa shape index (κ1) is 23.8. The van der Waals surface area contributed by atoms with E-state index in [2.05, 4.69) is 14.7 Å². The van der Waals surface area contributed by atoms with Crippen LogP contribution in [0.3, 0.4) is 0 Å². The van der Waals surface area contributed by atoms with E-state index in [-0.39, 0.29) is 37.4 Å². The molecule has 4 rings (SSSR count). The molecule has 3 aromatic rings. The van der Waals surface area contributed by atoms with Crippen LogP contribution in [0, 0.1) is 0 Å². The van der Waals surface area contributed by atoms with Crippen LogP contribution in [0.5, 0.6) is 0 Å². The summed E-state index contributed by atoms with van der Waals surface area (Å²) in [7, 11) is -4.46. The molecule has 0 spiro atoms. The molecular weight excluding hydrogens is 469 g/mol. The van der Waals surface area contributed by atoms with Crippen molar-refractivity contribution in [2.75, 3.05) is 13.1 Å². The molecule has 0 unspecified atom stereocenters. The number of hydrogen-bond donors (Lipinski definition) is 1. The minimum absolute atomic E-state index is 0.250. The van der Waals surface area contributed by atoms with Crippen LogP contribution >= 0.6 is 0 Å². The minimum Gasteiger partial charge on any atom is -0.338 e. The number of benzene rings is 2. The fourth-order valence-corrected chi connectivity index (χ4v) is 5.38. The van der Waals surface area contributed by atoms with E-state index in [1.54, 1.807) is 35.2 Å². The largest absolute Gasteiger partial charge is 0.417 e. The number of rotatable bonds is 5. The highest BCUT2D eigenvalue weighted by molar-refractivity contribution is 7.89. The van der Waals surface area contributed by atoms with Crippen LogP contribution in [0.15, 0.2) is 72.1 Å². The number of nitrogens with zero attached hydrogens (tertiary/aromatic N) is 3. The first-order chi connectivity index (χ1) is 16.1. The number of hydrogen-bond acceptors (Lipinski definition) is 5. The molecule has 0 aliphatic carbocycles. The average Bonchev–Trinajstić information content (AvgIpc) is 2.84. The van der Waals surface area contributed by atoms with Crippen LogP contribution < -0.4 is 4.72 Å². The van der Waals surface area contributed by atoms with Gasteiger partial charge < -0.3 is 4.90 Å². The van der Waals surface area contributed by atoms with Gasteiger partial charge in [0.05, 0.1) is 16.0 Å². The highest BCUT2D eigenvalue weighted by Crippen LogP contribution is 2.37. The van der Waals surface area contributed by atoms with E-state index in [0.29, 0.717) is 11.1 Å². The lowest BCUT2D eigenvalue weighted by Crippen LogP contribution is -2.46. The predicted octanol–water partition coefficient (Wildman–Crippen LogP) is 3.75. The quantitative estimate of drug-likeness (QED) is 0.588. The summed E-state index contributed by atoms with van der Waals surface area (Å²) in [6, 6.07) is 11.0. The van der Waals surface area contributed by atoms with Crippen LogP contribution in [0.1, 0.15) is 28.8 Å². The zero-order valence-electron chi connectivity index (χ0n) is 17.9. The Bertz CT molecular complexity index is 1260. The molecule has 1 saturated heterocycles. The van der Waals surface area contributed by atoms with Gasteiger partial charge in [-0.2, -0.15) is 13.2 Å². The predicted molar refractivity (Wildman–Crippen MR) is 118 cm³/mol. The van der Waals surface area contributed by atoms with E-state index in [4.69, 9.17) is 0 Å². The molecule has 11 heteroatoms. The Balaban J connectivity index is 1.51. The SMILES string of the molecule is O=C(c1cncnc1)N1CCC(NS(=O)(=O)c2ccc(-c3ccccc3)cc2C(F)(F)F)CC1. The van der Waals surface area contributed by atoms with Crippen molar-refractivity contribution in [1.29, 1.82) is 0 Å². The Labute approximate surface area is 194 Å². The standard InChI is InChI=1S/C23H21F3N4O3S/c24-23(25,26)20-12-17(16-4-2-1-3-5-16)6-7-21(20)34(32,33)29-19-8-10-30(11-9-19)22(31)18-13-27-15-28-14-18/h1-7,12-15,19,29H,8-11H2. The van der Waals surface area contributed by atoms with Crippen LogP contribution in [-0.4, -0.2) is 48.3 Å². The van der Waals surface area contributed by atoms with Gasteiger partial charge in [0.25, 0.3) is 5.91 Å². The maximum atomic E-state index is 13.8. The van der Waals surface area contributed by atoms with Crippen LogP contribution in [0.4, 0.5) is 13.2 Å². The van der Waals surface area contributed by atoms with Crippen LogP contribution in [0.25, 0.3) is 11.1 Å². The molecule has 2 heterocycles. The molecule has 1 aromatic heterocycles. The smallest absolute Gasteiger partial charge is 0.338 e. The van der Waals surface area contributed by atoms with Gasteiger partial charge in [-0.25, -0.2) is 23.1 Å². The van der Waals surface area contributed by atoms with Crippen molar-refractivity contribution in [2.24, 2.45) is 0 Å².